The second-order valence-electron chi connectivity index (χ2n) is 4.18. The molecule has 96 valence electrons. The van der Waals surface area contributed by atoms with Crippen molar-refractivity contribution in [3.63, 3.8) is 0 Å². The van der Waals surface area contributed by atoms with Crippen LogP contribution in [0.1, 0.15) is 18.7 Å². The van der Waals surface area contributed by atoms with Crippen LogP contribution in [0.5, 0.6) is 0 Å². The van der Waals surface area contributed by atoms with E-state index in [1.54, 1.807) is 20.3 Å². The molecule has 6 nitrogen and oxygen atoms in total. The molecule has 0 aliphatic rings. The lowest BCUT2D eigenvalue weighted by molar-refractivity contribution is 0.217. The molecule has 2 N–H and O–H groups in total. The van der Waals surface area contributed by atoms with E-state index >= 15 is 0 Å². The van der Waals surface area contributed by atoms with Crippen molar-refractivity contribution in [2.45, 2.75) is 13.0 Å². The molecule has 6 heteroatoms. The van der Waals surface area contributed by atoms with Crippen LogP contribution < -0.4 is 10.6 Å². The second-order valence-corrected chi connectivity index (χ2v) is 4.18. The van der Waals surface area contributed by atoms with Gasteiger partial charge in [-0.3, -0.25) is 4.68 Å². The third kappa shape index (κ3) is 4.07. The SMILES string of the molecule is CC(NCCNC(=O)N(C)C)c1ccnn1C. The van der Waals surface area contributed by atoms with Gasteiger partial charge in [0.2, 0.25) is 0 Å². The summed E-state index contributed by atoms with van der Waals surface area (Å²) in [7, 11) is 5.36. The van der Waals surface area contributed by atoms with Crippen LogP contribution in [0.4, 0.5) is 4.79 Å². The van der Waals surface area contributed by atoms with Gasteiger partial charge in [-0.1, -0.05) is 0 Å². The van der Waals surface area contributed by atoms with Gasteiger partial charge < -0.3 is 15.5 Å². The van der Waals surface area contributed by atoms with Crippen LogP contribution in [0, 0.1) is 0 Å². The average Bonchev–Trinajstić information content (AvgIpc) is 2.70. The number of hydrogen-bond acceptors (Lipinski definition) is 3. The summed E-state index contributed by atoms with van der Waals surface area (Å²) in [6, 6.07) is 2.13. The van der Waals surface area contributed by atoms with Crippen molar-refractivity contribution >= 4 is 6.03 Å². The number of nitrogens with one attached hydrogen (secondary N) is 2. The zero-order valence-corrected chi connectivity index (χ0v) is 10.9. The lowest BCUT2D eigenvalue weighted by Crippen LogP contribution is -2.39. The minimum Gasteiger partial charge on any atom is -0.337 e. The molecular weight excluding hydrogens is 218 g/mol. The van der Waals surface area contributed by atoms with Crippen molar-refractivity contribution < 1.29 is 4.79 Å². The molecule has 1 atom stereocenters. The molecule has 0 fully saturated rings. The number of nitrogens with zero attached hydrogens (tertiary/aromatic N) is 3. The van der Waals surface area contributed by atoms with Crippen LogP contribution in [0.25, 0.3) is 0 Å². The Labute approximate surface area is 102 Å². The first-order valence-corrected chi connectivity index (χ1v) is 5.68. The van der Waals surface area contributed by atoms with Crippen LogP contribution in [0.2, 0.25) is 0 Å². The quantitative estimate of drug-likeness (QED) is 0.728. The van der Waals surface area contributed by atoms with E-state index in [-0.39, 0.29) is 12.1 Å². The van der Waals surface area contributed by atoms with Crippen LogP contribution >= 0.6 is 0 Å². The largest absolute Gasteiger partial charge is 0.337 e. The Balaban J connectivity index is 2.24. The van der Waals surface area contributed by atoms with E-state index < -0.39 is 0 Å². The Hall–Kier alpha value is -1.56. The number of carbonyl (C=O) groups is 1. The Bertz CT molecular complexity index is 360. The van der Waals surface area contributed by atoms with E-state index in [2.05, 4.69) is 22.7 Å². The highest BCUT2D eigenvalue weighted by Crippen LogP contribution is 2.08. The van der Waals surface area contributed by atoms with Crippen molar-refractivity contribution in [3.05, 3.63) is 18.0 Å². The van der Waals surface area contributed by atoms with Gasteiger partial charge in [-0.2, -0.15) is 5.10 Å². The summed E-state index contributed by atoms with van der Waals surface area (Å²) in [6.45, 7) is 3.41. The van der Waals surface area contributed by atoms with Crippen molar-refractivity contribution in [1.29, 1.82) is 0 Å². The highest BCUT2D eigenvalue weighted by molar-refractivity contribution is 5.73. The van der Waals surface area contributed by atoms with Crippen molar-refractivity contribution in [1.82, 2.24) is 25.3 Å². The molecule has 1 rings (SSSR count). The third-order valence-electron chi connectivity index (χ3n) is 2.56. The van der Waals surface area contributed by atoms with Gasteiger partial charge in [0.15, 0.2) is 0 Å². The third-order valence-corrected chi connectivity index (χ3v) is 2.56. The lowest BCUT2D eigenvalue weighted by atomic mass is 10.2. The standard InChI is InChI=1S/C11H21N5O/c1-9(10-5-6-14-16(10)4)12-7-8-13-11(17)15(2)3/h5-6,9,12H,7-8H2,1-4H3,(H,13,17). The first kappa shape index (κ1) is 13.5. The molecular formula is C11H21N5O. The van der Waals surface area contributed by atoms with Gasteiger partial charge in [-0.05, 0) is 13.0 Å². The fraction of sp³-hybridized carbons (Fsp3) is 0.636. The highest BCUT2D eigenvalue weighted by atomic mass is 16.2. The molecule has 1 aromatic heterocycles. The molecule has 0 saturated heterocycles. The van der Waals surface area contributed by atoms with E-state index in [0.717, 1.165) is 12.2 Å². The maximum Gasteiger partial charge on any atom is 0.316 e. The topological polar surface area (TPSA) is 62.2 Å². The summed E-state index contributed by atoms with van der Waals surface area (Å²) < 4.78 is 1.84. The summed E-state index contributed by atoms with van der Waals surface area (Å²) in [5.41, 5.74) is 1.13. The van der Waals surface area contributed by atoms with Crippen molar-refractivity contribution in [2.75, 3.05) is 27.2 Å². The molecule has 1 heterocycles. The Kier molecular flexibility index (Phi) is 4.96. The van der Waals surface area contributed by atoms with Gasteiger partial charge in [-0.15, -0.1) is 0 Å². The van der Waals surface area contributed by atoms with Crippen LogP contribution in [-0.4, -0.2) is 47.9 Å². The predicted octanol–water partition coefficient (Wildman–Crippen LogP) is 0.342. The van der Waals surface area contributed by atoms with Crippen LogP contribution in [0.15, 0.2) is 12.3 Å². The maximum atomic E-state index is 11.2. The molecule has 0 aliphatic carbocycles. The number of rotatable bonds is 5. The van der Waals surface area contributed by atoms with E-state index in [1.165, 1.54) is 4.90 Å². The molecule has 1 aromatic rings. The monoisotopic (exact) mass is 239 g/mol. The van der Waals surface area contributed by atoms with E-state index in [4.69, 9.17) is 0 Å². The summed E-state index contributed by atoms with van der Waals surface area (Å²) in [6.07, 6.45) is 1.78. The van der Waals surface area contributed by atoms with E-state index in [1.807, 2.05) is 17.8 Å². The smallest absolute Gasteiger partial charge is 0.316 e. The summed E-state index contributed by atoms with van der Waals surface area (Å²) >= 11 is 0. The molecule has 0 spiro atoms. The van der Waals surface area contributed by atoms with Gasteiger partial charge in [0.1, 0.15) is 0 Å². The zero-order valence-electron chi connectivity index (χ0n) is 10.9. The lowest BCUT2D eigenvalue weighted by Gasteiger charge is -2.16. The van der Waals surface area contributed by atoms with E-state index in [9.17, 15) is 4.79 Å². The second kappa shape index (κ2) is 6.24. The molecule has 0 aromatic carbocycles. The zero-order chi connectivity index (χ0) is 12.8. The molecule has 0 radical (unpaired) electrons. The minimum atomic E-state index is -0.0695. The summed E-state index contributed by atoms with van der Waals surface area (Å²) in [5.74, 6) is 0. The first-order chi connectivity index (χ1) is 8.02. The summed E-state index contributed by atoms with van der Waals surface area (Å²) in [4.78, 5) is 12.8. The molecule has 2 amide bonds. The van der Waals surface area contributed by atoms with Crippen molar-refractivity contribution in [2.24, 2.45) is 7.05 Å². The maximum absolute atomic E-state index is 11.2. The van der Waals surface area contributed by atoms with Gasteiger partial charge >= 0.3 is 6.03 Å². The number of urea groups is 1. The fourth-order valence-corrected chi connectivity index (χ4v) is 1.53. The summed E-state index contributed by atoms with van der Waals surface area (Å²) in [5, 5.41) is 10.2. The number of aryl methyl sites for hydroxylation is 1. The Morgan fingerprint density at radius 3 is 2.76 bits per heavy atom. The minimum absolute atomic E-state index is 0.0695. The first-order valence-electron chi connectivity index (χ1n) is 5.68. The van der Waals surface area contributed by atoms with Crippen molar-refractivity contribution in [3.8, 4) is 0 Å². The van der Waals surface area contributed by atoms with Gasteiger partial charge in [0.05, 0.1) is 5.69 Å². The van der Waals surface area contributed by atoms with E-state index in [0.29, 0.717) is 6.54 Å². The molecule has 0 saturated carbocycles. The van der Waals surface area contributed by atoms with Gasteiger partial charge in [0.25, 0.3) is 0 Å². The molecule has 0 aliphatic heterocycles. The fourth-order valence-electron chi connectivity index (χ4n) is 1.53. The number of hydrogen-bond donors (Lipinski definition) is 2. The molecule has 0 bridgehead atoms. The highest BCUT2D eigenvalue weighted by Gasteiger charge is 2.08. The Morgan fingerprint density at radius 2 is 2.24 bits per heavy atom. The van der Waals surface area contributed by atoms with Crippen LogP contribution in [-0.2, 0) is 7.05 Å². The van der Waals surface area contributed by atoms with Gasteiger partial charge in [-0.25, -0.2) is 4.79 Å². The Morgan fingerprint density at radius 1 is 1.53 bits per heavy atom. The normalized spacial score (nSPS) is 12.2. The molecule has 1 unspecified atom stereocenters. The average molecular weight is 239 g/mol. The molecule has 17 heavy (non-hydrogen) atoms. The van der Waals surface area contributed by atoms with Crippen LogP contribution in [0.3, 0.4) is 0 Å². The predicted molar refractivity (Wildman–Crippen MR) is 66.7 cm³/mol. The number of aromatic nitrogens is 2. The number of amides is 2. The van der Waals surface area contributed by atoms with Gasteiger partial charge in [0, 0.05) is 46.5 Å². The number of carbonyl (C=O) groups excluding carboxylic acids is 1.